The lowest BCUT2D eigenvalue weighted by molar-refractivity contribution is -0.526. The van der Waals surface area contributed by atoms with Crippen molar-refractivity contribution in [2.24, 2.45) is 0 Å². The molecule has 1 aromatic rings. The average molecular weight is 269 g/mol. The molecule has 0 saturated heterocycles. The molecule has 0 spiro atoms. The van der Waals surface area contributed by atoms with Crippen molar-refractivity contribution >= 4 is 35.7 Å². The number of hydrogen-bond donors (Lipinski definition) is 0. The topological polar surface area (TPSA) is 18.9 Å². The normalized spacial score (nSPS) is 14.9. The van der Waals surface area contributed by atoms with E-state index in [1.54, 1.807) is 11.3 Å². The molecule has 1 aliphatic heterocycles. The molecule has 92 valence electrons. The van der Waals surface area contributed by atoms with E-state index < -0.39 is 0 Å². The van der Waals surface area contributed by atoms with Crippen molar-refractivity contribution in [1.82, 2.24) is 4.98 Å². The number of aryl methyl sites for hydroxylation is 2. The molecule has 2 rings (SSSR count). The van der Waals surface area contributed by atoms with Crippen LogP contribution in [0.4, 0.5) is 0 Å². The summed E-state index contributed by atoms with van der Waals surface area (Å²) < 4.78 is 4.48. The van der Waals surface area contributed by atoms with Gasteiger partial charge in [0.05, 0.1) is 17.0 Å². The lowest BCUT2D eigenvalue weighted by atomic mass is 10.3. The quantitative estimate of drug-likeness (QED) is 0.576. The molecule has 1 aromatic heterocycles. The first-order chi connectivity index (χ1) is 8.25. The average Bonchev–Trinajstić information content (AvgIpc) is 2.88. The number of aromatic nitrogens is 1. The third-order valence-corrected chi connectivity index (χ3v) is 4.75. The summed E-state index contributed by atoms with van der Waals surface area (Å²) in [5, 5.41) is 0. The van der Waals surface area contributed by atoms with Crippen LogP contribution >= 0.6 is 23.1 Å². The van der Waals surface area contributed by atoms with Crippen LogP contribution in [0.25, 0.3) is 0 Å². The van der Waals surface area contributed by atoms with Crippen LogP contribution in [-0.2, 0) is 6.42 Å². The molecular weight excluding hydrogens is 250 g/mol. The first kappa shape index (κ1) is 12.8. The SMILES string of the molecule is Cc1ncsc1CCSCC[N+]1=C[N+](C)=CC1. The standard InChI is InChI=1S/C12H19N3S2/c1-11-12(17-9-13-11)3-7-16-8-6-15-5-4-14(2)10-15/h4,9-10H,3,5-8H2,1-2H3/q+2. The van der Waals surface area contributed by atoms with E-state index in [1.165, 1.54) is 22.1 Å². The van der Waals surface area contributed by atoms with Crippen LogP contribution in [0.3, 0.4) is 0 Å². The molecule has 0 amide bonds. The fraction of sp³-hybridized carbons (Fsp3) is 0.583. The Balaban J connectivity index is 1.58. The number of nitrogens with zero attached hydrogens (tertiary/aromatic N) is 3. The highest BCUT2D eigenvalue weighted by molar-refractivity contribution is 7.99. The highest BCUT2D eigenvalue weighted by Crippen LogP contribution is 2.15. The molecule has 2 heterocycles. The summed E-state index contributed by atoms with van der Waals surface area (Å²) in [6.45, 7) is 4.31. The number of rotatable bonds is 6. The summed E-state index contributed by atoms with van der Waals surface area (Å²) in [7, 11) is 2.08. The number of thioether (sulfide) groups is 1. The Kier molecular flexibility index (Phi) is 4.74. The van der Waals surface area contributed by atoms with Gasteiger partial charge in [-0.25, -0.2) is 4.98 Å². The molecule has 1 aliphatic rings. The maximum atomic E-state index is 4.27. The van der Waals surface area contributed by atoms with E-state index in [0.717, 1.165) is 19.5 Å². The second kappa shape index (κ2) is 6.31. The Morgan fingerprint density at radius 3 is 3.00 bits per heavy atom. The zero-order valence-electron chi connectivity index (χ0n) is 10.4. The molecule has 0 aromatic carbocycles. The van der Waals surface area contributed by atoms with Gasteiger partial charge in [-0.2, -0.15) is 20.9 Å². The van der Waals surface area contributed by atoms with Gasteiger partial charge in [0, 0.05) is 4.88 Å². The molecule has 17 heavy (non-hydrogen) atoms. The van der Waals surface area contributed by atoms with Gasteiger partial charge in [0.15, 0.2) is 6.54 Å². The Hall–Kier alpha value is -0.680. The minimum Gasteiger partial charge on any atom is -0.250 e. The van der Waals surface area contributed by atoms with Gasteiger partial charge in [-0.15, -0.1) is 11.3 Å². The van der Waals surface area contributed by atoms with Gasteiger partial charge < -0.3 is 0 Å². The van der Waals surface area contributed by atoms with Gasteiger partial charge in [0.1, 0.15) is 7.05 Å². The highest BCUT2D eigenvalue weighted by Gasteiger charge is 2.15. The van der Waals surface area contributed by atoms with Crippen molar-refractivity contribution < 1.29 is 9.15 Å². The van der Waals surface area contributed by atoms with Crippen molar-refractivity contribution in [3.8, 4) is 0 Å². The van der Waals surface area contributed by atoms with Crippen LogP contribution in [0.1, 0.15) is 10.6 Å². The zero-order valence-corrected chi connectivity index (χ0v) is 12.1. The molecule has 0 unspecified atom stereocenters. The van der Waals surface area contributed by atoms with Crippen LogP contribution in [0.5, 0.6) is 0 Å². The van der Waals surface area contributed by atoms with E-state index in [4.69, 9.17) is 0 Å². The molecule has 3 nitrogen and oxygen atoms in total. The minimum atomic E-state index is 1.06. The summed E-state index contributed by atoms with van der Waals surface area (Å²) in [4.78, 5) is 5.72. The van der Waals surface area contributed by atoms with Crippen molar-refractivity contribution in [1.29, 1.82) is 0 Å². The lowest BCUT2D eigenvalue weighted by Gasteiger charge is -1.98. The van der Waals surface area contributed by atoms with E-state index in [-0.39, 0.29) is 0 Å². The maximum absolute atomic E-state index is 4.27. The molecule has 0 radical (unpaired) electrons. The van der Waals surface area contributed by atoms with Crippen molar-refractivity contribution in [3.05, 3.63) is 16.1 Å². The molecule has 0 bridgehead atoms. The van der Waals surface area contributed by atoms with Crippen LogP contribution < -0.4 is 0 Å². The zero-order chi connectivity index (χ0) is 12.1. The summed E-state index contributed by atoms with van der Waals surface area (Å²) in [6, 6.07) is 0. The summed E-state index contributed by atoms with van der Waals surface area (Å²) in [5.74, 6) is 2.41. The van der Waals surface area contributed by atoms with E-state index in [1.807, 2.05) is 17.3 Å². The van der Waals surface area contributed by atoms with E-state index in [2.05, 4.69) is 40.7 Å². The van der Waals surface area contributed by atoms with E-state index in [9.17, 15) is 0 Å². The predicted octanol–water partition coefficient (Wildman–Crippen LogP) is 1.49. The van der Waals surface area contributed by atoms with Crippen molar-refractivity contribution in [2.45, 2.75) is 13.3 Å². The Bertz CT molecular complexity index is 435. The van der Waals surface area contributed by atoms with Gasteiger partial charge in [-0.3, -0.25) is 0 Å². The van der Waals surface area contributed by atoms with E-state index in [0.29, 0.717) is 0 Å². The third-order valence-electron chi connectivity index (χ3n) is 2.79. The molecular formula is C12H19N3S2+2. The first-order valence-corrected chi connectivity index (χ1v) is 7.90. The molecule has 0 saturated carbocycles. The highest BCUT2D eigenvalue weighted by atomic mass is 32.2. The minimum absolute atomic E-state index is 1.06. The van der Waals surface area contributed by atoms with Crippen LogP contribution in [-0.4, -0.2) is 58.3 Å². The van der Waals surface area contributed by atoms with Crippen LogP contribution in [0, 0.1) is 6.92 Å². The van der Waals surface area contributed by atoms with Crippen molar-refractivity contribution in [3.63, 3.8) is 0 Å². The number of thiazole rings is 1. The van der Waals surface area contributed by atoms with E-state index >= 15 is 0 Å². The van der Waals surface area contributed by atoms with Gasteiger partial charge in [0.25, 0.3) is 0 Å². The fourth-order valence-electron chi connectivity index (χ4n) is 1.75. The summed E-state index contributed by atoms with van der Waals surface area (Å²) in [5.41, 5.74) is 3.15. The Labute approximate surface area is 111 Å². The largest absolute Gasteiger partial charge is 0.401 e. The second-order valence-electron chi connectivity index (χ2n) is 4.18. The predicted molar refractivity (Wildman–Crippen MR) is 76.2 cm³/mol. The molecule has 0 N–H and O–H groups in total. The van der Waals surface area contributed by atoms with Crippen LogP contribution in [0.15, 0.2) is 5.51 Å². The van der Waals surface area contributed by atoms with Crippen molar-refractivity contribution in [2.75, 3.05) is 31.6 Å². The maximum Gasteiger partial charge on any atom is 0.401 e. The van der Waals surface area contributed by atoms with Crippen LogP contribution in [0.2, 0.25) is 0 Å². The monoisotopic (exact) mass is 269 g/mol. The van der Waals surface area contributed by atoms with Gasteiger partial charge in [-0.1, -0.05) is 0 Å². The Morgan fingerprint density at radius 1 is 1.47 bits per heavy atom. The Morgan fingerprint density at radius 2 is 2.35 bits per heavy atom. The smallest absolute Gasteiger partial charge is 0.250 e. The lowest BCUT2D eigenvalue weighted by Crippen LogP contribution is -2.15. The van der Waals surface area contributed by atoms with Gasteiger partial charge in [-0.05, 0) is 19.1 Å². The van der Waals surface area contributed by atoms with Gasteiger partial charge in [0.2, 0.25) is 12.8 Å². The number of hydrogen-bond acceptors (Lipinski definition) is 3. The van der Waals surface area contributed by atoms with Gasteiger partial charge >= 0.3 is 6.34 Å². The second-order valence-corrected chi connectivity index (χ2v) is 6.35. The molecule has 0 atom stereocenters. The first-order valence-electron chi connectivity index (χ1n) is 5.87. The summed E-state index contributed by atoms with van der Waals surface area (Å²) in [6.07, 6.45) is 5.54. The molecule has 0 aliphatic carbocycles. The third kappa shape index (κ3) is 3.92. The molecule has 0 fully saturated rings. The fourth-order valence-corrected chi connectivity index (χ4v) is 3.58. The summed E-state index contributed by atoms with van der Waals surface area (Å²) >= 11 is 3.81. The molecule has 5 heteroatoms.